The summed E-state index contributed by atoms with van der Waals surface area (Å²) in [4.78, 5) is 3.43. The molecule has 1 fully saturated rings. The van der Waals surface area contributed by atoms with Gasteiger partial charge in [-0.1, -0.05) is 36.1 Å². The highest BCUT2D eigenvalue weighted by molar-refractivity contribution is 7.78. The quantitative estimate of drug-likeness (QED) is 0.234. The Kier molecular flexibility index (Phi) is 6.87. The minimum Gasteiger partial charge on any atom is -0.204 e. The second kappa shape index (κ2) is 9.55. The Hall–Kier alpha value is -2.60. The van der Waals surface area contributed by atoms with Gasteiger partial charge in [-0.25, -0.2) is 8.78 Å². The zero-order valence-corrected chi connectivity index (χ0v) is 16.5. The van der Waals surface area contributed by atoms with Gasteiger partial charge in [0.05, 0.1) is 5.16 Å². The summed E-state index contributed by atoms with van der Waals surface area (Å²) < 4.78 is 28.0. The zero-order chi connectivity index (χ0) is 19.9. The molecule has 0 bridgehead atoms. The Morgan fingerprint density at radius 1 is 1.00 bits per heavy atom. The lowest BCUT2D eigenvalue weighted by Gasteiger charge is -2.22. The number of aliphatic imine (C=N–C) groups is 1. The molecule has 0 unspecified atom stereocenters. The van der Waals surface area contributed by atoms with Crippen molar-refractivity contribution in [3.63, 3.8) is 0 Å². The lowest BCUT2D eigenvalue weighted by atomic mass is 9.82. The van der Waals surface area contributed by atoms with E-state index in [0.29, 0.717) is 23.0 Å². The molecule has 142 valence electrons. The number of isothiocyanates is 1. The molecular weight excluding hydrogens is 372 g/mol. The van der Waals surface area contributed by atoms with E-state index in [2.05, 4.69) is 48.1 Å². The molecule has 0 aliphatic heterocycles. The van der Waals surface area contributed by atoms with Crippen molar-refractivity contribution in [1.29, 1.82) is 0 Å². The minimum atomic E-state index is -0.760. The van der Waals surface area contributed by atoms with E-state index in [9.17, 15) is 8.78 Å². The minimum absolute atomic E-state index is 0.412. The predicted octanol–water partition coefficient (Wildman–Crippen LogP) is 7.10. The van der Waals surface area contributed by atoms with E-state index in [-0.39, 0.29) is 0 Å². The van der Waals surface area contributed by atoms with Gasteiger partial charge in [-0.3, -0.25) is 0 Å². The van der Waals surface area contributed by atoms with Crippen LogP contribution in [-0.4, -0.2) is 5.16 Å². The van der Waals surface area contributed by atoms with E-state index in [4.69, 9.17) is 0 Å². The maximum Gasteiger partial charge on any atom is 0.153 e. The van der Waals surface area contributed by atoms with Crippen LogP contribution in [0.2, 0.25) is 0 Å². The molecule has 2 aromatic carbocycles. The van der Waals surface area contributed by atoms with Gasteiger partial charge in [0, 0.05) is 11.5 Å². The van der Waals surface area contributed by atoms with E-state index < -0.39 is 17.3 Å². The maximum atomic E-state index is 14.0. The lowest BCUT2D eigenvalue weighted by Crippen LogP contribution is -2.11. The summed E-state index contributed by atoms with van der Waals surface area (Å²) in [7, 11) is 0. The summed E-state index contributed by atoms with van der Waals surface area (Å²) in [5.41, 5.74) is 1.65. The van der Waals surface area contributed by atoms with Gasteiger partial charge in [0.25, 0.3) is 0 Å². The third kappa shape index (κ3) is 5.01. The molecule has 28 heavy (non-hydrogen) atoms. The monoisotopic (exact) mass is 393 g/mol. The summed E-state index contributed by atoms with van der Waals surface area (Å²) in [6.45, 7) is 2.07. The second-order valence-corrected chi connectivity index (χ2v) is 7.16. The summed E-state index contributed by atoms with van der Waals surface area (Å²) in [6, 6.07) is 9.91. The highest BCUT2D eigenvalue weighted by Gasteiger charge is 2.17. The molecule has 1 aliphatic rings. The first-order chi connectivity index (χ1) is 13.6. The summed E-state index contributed by atoms with van der Waals surface area (Å²) in [6.07, 6.45) is 9.09. The number of benzene rings is 2. The average molecular weight is 394 g/mol. The molecule has 0 atom stereocenters. The predicted molar refractivity (Wildman–Crippen MR) is 114 cm³/mol. The fourth-order valence-electron chi connectivity index (χ4n) is 3.54. The molecule has 1 nitrogen and oxygen atoms in total. The molecule has 3 rings (SSSR count). The zero-order valence-electron chi connectivity index (χ0n) is 15.7. The Morgan fingerprint density at radius 2 is 1.64 bits per heavy atom. The van der Waals surface area contributed by atoms with Crippen LogP contribution in [0.4, 0.5) is 14.5 Å². The first-order valence-electron chi connectivity index (χ1n) is 9.42. The second-order valence-electron chi connectivity index (χ2n) is 6.98. The SMILES string of the molecule is C/C=C/C1CCC(C#Cc2ccc(-c3cc(F)c(N=C=S)c(F)c3)cc2)CC1. The molecule has 0 saturated heterocycles. The fraction of sp³-hybridized carbons (Fsp3) is 0.292. The third-order valence-corrected chi connectivity index (χ3v) is 5.14. The molecule has 2 aromatic rings. The van der Waals surface area contributed by atoms with Crippen LogP contribution in [0.5, 0.6) is 0 Å². The average Bonchev–Trinajstić information content (AvgIpc) is 2.71. The van der Waals surface area contributed by atoms with E-state index in [1.807, 2.05) is 29.4 Å². The summed E-state index contributed by atoms with van der Waals surface area (Å²) >= 11 is 4.42. The molecule has 0 radical (unpaired) electrons. The van der Waals surface area contributed by atoms with Crippen LogP contribution in [0.25, 0.3) is 11.1 Å². The van der Waals surface area contributed by atoms with Crippen molar-refractivity contribution in [3.8, 4) is 23.0 Å². The van der Waals surface area contributed by atoms with Crippen LogP contribution in [0.15, 0.2) is 53.5 Å². The van der Waals surface area contributed by atoms with Crippen LogP contribution < -0.4 is 0 Å². The van der Waals surface area contributed by atoms with Gasteiger partial charge in [-0.15, -0.1) is 0 Å². The maximum absolute atomic E-state index is 14.0. The van der Waals surface area contributed by atoms with Crippen molar-refractivity contribution in [3.05, 3.63) is 65.7 Å². The van der Waals surface area contributed by atoms with Gasteiger partial charge >= 0.3 is 0 Å². The lowest BCUT2D eigenvalue weighted by molar-refractivity contribution is 0.364. The number of rotatable bonds is 3. The first-order valence-corrected chi connectivity index (χ1v) is 9.83. The number of hydrogen-bond acceptors (Lipinski definition) is 2. The molecule has 1 saturated carbocycles. The van der Waals surface area contributed by atoms with Crippen LogP contribution >= 0.6 is 12.2 Å². The van der Waals surface area contributed by atoms with Crippen molar-refractivity contribution in [1.82, 2.24) is 0 Å². The van der Waals surface area contributed by atoms with Crippen LogP contribution in [0, 0.1) is 35.3 Å². The van der Waals surface area contributed by atoms with Crippen molar-refractivity contribution < 1.29 is 8.78 Å². The Bertz CT molecular complexity index is 945. The smallest absolute Gasteiger partial charge is 0.153 e. The number of allylic oxidation sites excluding steroid dienone is 2. The Morgan fingerprint density at radius 3 is 2.21 bits per heavy atom. The van der Waals surface area contributed by atoms with Gasteiger partial charge in [0.2, 0.25) is 0 Å². The van der Waals surface area contributed by atoms with E-state index >= 15 is 0 Å². The largest absolute Gasteiger partial charge is 0.204 e. The molecule has 0 heterocycles. The van der Waals surface area contributed by atoms with Crippen molar-refractivity contribution in [2.24, 2.45) is 16.8 Å². The Labute approximate surface area is 170 Å². The van der Waals surface area contributed by atoms with Crippen molar-refractivity contribution >= 4 is 23.1 Å². The normalized spacial score (nSPS) is 19.0. The van der Waals surface area contributed by atoms with Crippen LogP contribution in [0.3, 0.4) is 0 Å². The number of nitrogens with zero attached hydrogens (tertiary/aromatic N) is 1. The molecule has 0 spiro atoms. The van der Waals surface area contributed by atoms with Gasteiger partial charge in [0.1, 0.15) is 5.69 Å². The van der Waals surface area contributed by atoms with Crippen LogP contribution in [-0.2, 0) is 0 Å². The molecular formula is C24H21F2NS. The highest BCUT2D eigenvalue weighted by Crippen LogP contribution is 2.30. The highest BCUT2D eigenvalue weighted by atomic mass is 32.1. The molecule has 0 N–H and O–H groups in total. The Balaban J connectivity index is 1.71. The molecule has 1 aliphatic carbocycles. The van der Waals surface area contributed by atoms with Gasteiger partial charge in [-0.2, -0.15) is 4.99 Å². The standard InChI is InChI=1S/C24H21F2NS/c1-2-3-17-4-6-18(7-5-17)8-9-19-10-12-20(13-11-19)21-14-22(25)24(27-16-28)23(26)15-21/h2-3,10-15,17-18H,4-7H2,1H3/b3-2+. The number of thiocarbonyl (C=S) groups is 1. The van der Waals surface area contributed by atoms with E-state index in [1.54, 1.807) is 0 Å². The molecule has 0 aromatic heterocycles. The summed E-state index contributed by atoms with van der Waals surface area (Å²) in [5.74, 6) is 6.24. The third-order valence-electron chi connectivity index (χ3n) is 5.05. The number of hydrogen-bond donors (Lipinski definition) is 0. The number of halogens is 2. The van der Waals surface area contributed by atoms with Gasteiger partial charge in [0.15, 0.2) is 11.6 Å². The van der Waals surface area contributed by atoms with Gasteiger partial charge < -0.3 is 0 Å². The van der Waals surface area contributed by atoms with Crippen molar-refractivity contribution in [2.45, 2.75) is 32.6 Å². The van der Waals surface area contributed by atoms with Crippen molar-refractivity contribution in [2.75, 3.05) is 0 Å². The van der Waals surface area contributed by atoms with E-state index in [0.717, 1.165) is 18.4 Å². The molecule has 0 amide bonds. The first kappa shape index (κ1) is 20.1. The summed E-state index contributed by atoms with van der Waals surface area (Å²) in [5, 5.41) is 1.99. The molecule has 4 heteroatoms. The van der Waals surface area contributed by atoms with E-state index in [1.165, 1.54) is 25.0 Å². The fourth-order valence-corrected chi connectivity index (χ4v) is 3.64. The van der Waals surface area contributed by atoms with Crippen LogP contribution in [0.1, 0.15) is 38.2 Å². The van der Waals surface area contributed by atoms with Gasteiger partial charge in [-0.05, 0) is 86.1 Å². The topological polar surface area (TPSA) is 12.4 Å².